The van der Waals surface area contributed by atoms with Gasteiger partial charge < -0.3 is 48.7 Å². The number of hydrogen-bond donors (Lipinski definition) is 5. The normalized spacial score (nSPS) is 15.2. The van der Waals surface area contributed by atoms with Crippen LogP contribution in [0.2, 0.25) is 0 Å². The minimum Gasteiger partial charge on any atom is -0.463 e. The Kier molecular flexibility index (Phi) is 43.3. The Morgan fingerprint density at radius 3 is 1.29 bits per heavy atom. The molecule has 0 aromatic rings. The number of aliphatic hydroxyl groups excluding tert-OH is 2. The first kappa shape index (κ1) is 108. The van der Waals surface area contributed by atoms with Crippen molar-refractivity contribution >= 4 is 36.1 Å². The second-order valence-corrected chi connectivity index (χ2v) is 20.8. The van der Waals surface area contributed by atoms with Crippen molar-refractivity contribution in [2.45, 2.75) is 166 Å². The van der Waals surface area contributed by atoms with Crippen LogP contribution in [0.15, 0.2) is 43.0 Å². The average molecular weight is 1730 g/mol. The van der Waals surface area contributed by atoms with E-state index in [1.54, 1.807) is 5.32 Å². The fraction of sp³-hybridized carbons (Fsp3) is 0.774. The second kappa shape index (κ2) is 44.5. The molecule has 0 radical (unpaired) electrons. The predicted molar refractivity (Wildman–Crippen MR) is 288 cm³/mol. The second-order valence-electron chi connectivity index (χ2n) is 20.8. The number of alkyl carbamates (subject to hydrolysis) is 1. The summed E-state index contributed by atoms with van der Waals surface area (Å²) in [5, 5.41) is 18.5. The van der Waals surface area contributed by atoms with E-state index in [2.05, 4.69) is 67.4 Å². The van der Waals surface area contributed by atoms with Gasteiger partial charge in [-0.1, -0.05) is 19.7 Å². The van der Waals surface area contributed by atoms with E-state index in [-0.39, 0.29) is 13.2 Å². The van der Waals surface area contributed by atoms with E-state index >= 15 is 0 Å². The molecule has 5 N–H and O–H groups in total. The Labute approximate surface area is 597 Å². The molecule has 0 aliphatic carbocycles. The van der Waals surface area contributed by atoms with E-state index in [4.69, 9.17) is 14.9 Å². The number of esters is 4. The molecule has 0 saturated carbocycles. The van der Waals surface area contributed by atoms with Crippen LogP contribution in [0, 0.1) is 0 Å². The van der Waals surface area contributed by atoms with Crippen LogP contribution < -0.4 is 16.0 Å². The van der Waals surface area contributed by atoms with Crippen LogP contribution in [0.3, 0.4) is 0 Å². The highest BCUT2D eigenvalue weighted by Gasteiger charge is 2.78. The predicted octanol–water partition coefficient (Wildman–Crippen LogP) is 11.9. The number of carbonyl (C=O) groups excluding carboxylic acids is 6. The quantitative estimate of drug-likeness (QED) is 0.00553. The highest BCUT2D eigenvalue weighted by atomic mass is 19.4. The largest absolute Gasteiger partial charge is 0.463 e. The summed E-state index contributed by atoms with van der Waals surface area (Å²) in [4.78, 5) is 67.2. The molecule has 4 unspecified atom stereocenters. The summed E-state index contributed by atoms with van der Waals surface area (Å²) in [6.45, 7) is -9.39. The van der Waals surface area contributed by atoms with Gasteiger partial charge in [0, 0.05) is 63.8 Å². The molecular formula is C53H60F36N4O18. The van der Waals surface area contributed by atoms with Gasteiger partial charge in [-0.15, -0.1) is 0 Å². The van der Waals surface area contributed by atoms with E-state index in [0.29, 0.717) is 22.8 Å². The van der Waals surface area contributed by atoms with Gasteiger partial charge in [0.2, 0.25) is 6.08 Å². The molecule has 1 saturated heterocycles. The highest BCUT2D eigenvalue weighted by Crippen LogP contribution is 2.52. The number of isocyanates is 1. The van der Waals surface area contributed by atoms with Crippen molar-refractivity contribution < 1.29 is 244 Å². The minimum atomic E-state index is -6.98. The summed E-state index contributed by atoms with van der Waals surface area (Å²) in [6.07, 6.45) is -49.4. The van der Waals surface area contributed by atoms with Gasteiger partial charge in [0.15, 0.2) is 13.2 Å². The van der Waals surface area contributed by atoms with Crippen molar-refractivity contribution in [3.05, 3.63) is 38.0 Å². The number of nitrogens with one attached hydrogen (secondary N) is 3. The van der Waals surface area contributed by atoms with Crippen LogP contribution >= 0.6 is 0 Å². The lowest BCUT2D eigenvalue weighted by atomic mass is 10.1. The van der Waals surface area contributed by atoms with Crippen LogP contribution in [0.25, 0.3) is 0 Å². The summed E-state index contributed by atoms with van der Waals surface area (Å²) >= 11 is 0. The zero-order valence-corrected chi connectivity index (χ0v) is 55.0. The van der Waals surface area contributed by atoms with E-state index in [0.717, 1.165) is 19.3 Å². The number of alkyl halides is 36. The van der Waals surface area contributed by atoms with Crippen molar-refractivity contribution in [2.24, 2.45) is 4.99 Å². The Bertz CT molecular complexity index is 2870. The number of hydrogen-bond acceptors (Lipinski definition) is 21. The number of aliphatic imine (C=N–C) groups is 1. The van der Waals surface area contributed by atoms with Crippen LogP contribution in [0.5, 0.6) is 0 Å². The molecule has 111 heavy (non-hydrogen) atoms. The summed E-state index contributed by atoms with van der Waals surface area (Å²) in [7, 11) is 0. The first-order chi connectivity index (χ1) is 50.0. The Morgan fingerprint density at radius 1 is 0.477 bits per heavy atom. The van der Waals surface area contributed by atoms with E-state index in [1.807, 2.05) is 0 Å². The standard InChI is InChI=1S/C28H30F18N2O10.C15H15F18NO4.C6H7NO3.C4H8O/c1-3-16(49)53-8-5-6-18(51)55-12-22(33,34)26(41,42)28(45,46)58-19(30)21(31,32)10-15(29)11-48-24(37,38)14-57-27(43,44)25(39,40)23(35,36)13-56-20(52)47-7-9-54-17(50)4-2;16-6(37-14(30,31)12(26,27)9(20,21)4-35)8(18,19)2-1-3-34-11(24,25)7(17)38-15(32,33)13(28,29)10(22,23)5-36;1-2-6(9)10-4-3-7-5-8;1-2-4-5-3-1/h3-4,15,19,48H,1-2,5-14H2,(H,47,52);6-7,34-36H,1-5H2;2H,1,3-4H2;1-4H2. The molecule has 0 bridgehead atoms. The summed E-state index contributed by atoms with van der Waals surface area (Å²) in [5.74, 6) is -67.1. The third kappa shape index (κ3) is 34.6. The Balaban J connectivity index is -0.00000186. The Morgan fingerprint density at radius 2 is 0.874 bits per heavy atom. The number of rotatable bonds is 49. The third-order valence-corrected chi connectivity index (χ3v) is 12.0. The molecule has 0 aromatic carbocycles. The molecule has 0 spiro atoms. The minimum absolute atomic E-state index is 0.0973. The SMILES string of the molecule is C1CCOC1.C=CC(=O)OCCCC(=O)OCC(F)(F)C(F)(F)C(F)(F)OC(F)C(F)(F)CC(F)CNC(F)(F)COC(F)(F)C(F)(F)C(F)(F)COC(=O)NCCOC(=O)C=C.C=CC(=O)OCCN=C=O.OCC(F)(F)C(F)(F)C(F)(F)OC(F)C(F)(F)CCCNC(F)(F)C(F)OC(F)(F)C(F)(F)C(F)(F)CO. The summed E-state index contributed by atoms with van der Waals surface area (Å²) < 4.78 is 521. The lowest BCUT2D eigenvalue weighted by molar-refractivity contribution is -0.435. The molecule has 0 aromatic heterocycles. The molecule has 1 fully saturated rings. The van der Waals surface area contributed by atoms with Gasteiger partial charge >= 0.3 is 126 Å². The zero-order chi connectivity index (χ0) is 87.8. The number of halogens is 36. The maximum Gasteiger partial charge on any atom is 0.428 e. The average Bonchev–Trinajstić information content (AvgIpc) is 1.14. The van der Waals surface area contributed by atoms with Gasteiger partial charge in [-0.3, -0.25) is 29.6 Å². The summed E-state index contributed by atoms with van der Waals surface area (Å²) in [6, 6.07) is -10.8. The van der Waals surface area contributed by atoms with Crippen molar-refractivity contribution in [2.75, 3.05) is 92.2 Å². The molecule has 1 aliphatic heterocycles. The van der Waals surface area contributed by atoms with Crippen molar-refractivity contribution in [1.29, 1.82) is 0 Å². The van der Waals surface area contributed by atoms with Crippen LogP contribution in [-0.2, 0) is 71.3 Å². The molecular weight excluding hydrogens is 1660 g/mol. The van der Waals surface area contributed by atoms with Gasteiger partial charge in [-0.2, -0.15) is 123 Å². The van der Waals surface area contributed by atoms with Gasteiger partial charge in [-0.05, 0) is 25.7 Å². The molecule has 22 nitrogen and oxygen atoms in total. The maximum atomic E-state index is 14.0. The topological polar surface area (TPSA) is 284 Å². The molecule has 652 valence electrons. The molecule has 1 rings (SSSR count). The number of nitrogens with zero attached hydrogens (tertiary/aromatic N) is 1. The molecule has 58 heteroatoms. The van der Waals surface area contributed by atoms with E-state index in [1.165, 1.54) is 18.9 Å². The number of carbonyl (C=O) groups is 5. The molecule has 1 amide bonds. The van der Waals surface area contributed by atoms with Gasteiger partial charge in [0.05, 0.1) is 19.7 Å². The Hall–Kier alpha value is -7.13. The first-order valence-electron chi connectivity index (χ1n) is 29.1. The van der Waals surface area contributed by atoms with E-state index in [9.17, 15) is 187 Å². The fourth-order valence-electron chi connectivity index (χ4n) is 5.97. The van der Waals surface area contributed by atoms with Crippen molar-refractivity contribution in [3.63, 3.8) is 0 Å². The van der Waals surface area contributed by atoms with Crippen LogP contribution in [-0.4, -0.2) is 260 Å². The fourth-order valence-corrected chi connectivity index (χ4v) is 5.97. The summed E-state index contributed by atoms with van der Waals surface area (Å²) in [5.41, 5.74) is 0. The lowest BCUT2D eigenvalue weighted by Crippen LogP contribution is -2.60. The maximum absolute atomic E-state index is 14.0. The first-order valence-corrected chi connectivity index (χ1v) is 29.1. The molecule has 1 heterocycles. The molecule has 4 atom stereocenters. The third-order valence-electron chi connectivity index (χ3n) is 12.0. The lowest BCUT2D eigenvalue weighted by Gasteiger charge is -2.34. The van der Waals surface area contributed by atoms with Gasteiger partial charge in [0.25, 0.3) is 19.1 Å². The number of amides is 1. The van der Waals surface area contributed by atoms with Gasteiger partial charge in [-0.25, -0.2) is 64.1 Å². The number of aliphatic hydroxyl groups is 2. The zero-order valence-electron chi connectivity index (χ0n) is 55.0. The van der Waals surface area contributed by atoms with Crippen molar-refractivity contribution in [3.8, 4) is 0 Å². The van der Waals surface area contributed by atoms with E-state index < -0.39 is 249 Å². The molecule has 1 aliphatic rings. The number of ether oxygens (including phenoxy) is 10. The highest BCUT2D eigenvalue weighted by molar-refractivity contribution is 5.82. The van der Waals surface area contributed by atoms with Crippen LogP contribution in [0.1, 0.15) is 44.9 Å². The van der Waals surface area contributed by atoms with Crippen LogP contribution in [0.4, 0.5) is 163 Å². The smallest absolute Gasteiger partial charge is 0.428 e. The van der Waals surface area contributed by atoms with Crippen molar-refractivity contribution in [1.82, 2.24) is 16.0 Å². The monoisotopic (exact) mass is 1720 g/mol. The van der Waals surface area contributed by atoms with Gasteiger partial charge in [0.1, 0.15) is 39.2 Å².